The van der Waals surface area contributed by atoms with Gasteiger partial charge in [-0.25, -0.2) is 0 Å². The van der Waals surface area contributed by atoms with Crippen LogP contribution in [0.5, 0.6) is 0 Å². The van der Waals surface area contributed by atoms with Crippen LogP contribution in [0.3, 0.4) is 0 Å². The van der Waals surface area contributed by atoms with E-state index in [9.17, 15) is 0 Å². The molecule has 0 N–H and O–H groups in total. The van der Waals surface area contributed by atoms with Gasteiger partial charge in [-0.2, -0.15) is 0 Å². The zero-order valence-electron chi connectivity index (χ0n) is 28.5. The standard InChI is InChI=1S/C50H34N2/c1-6-25-46(52-49-28-9-4-23-44(49)45-24-5-10-29-50(45)52)41(20-1)39-18-12-15-36(33-39)31-30-35-14-11-16-37(32-35)38-17-13-19-40(34-38)51-47-26-7-2-21-42(47)43-22-3-8-27-48(43)51/h1-34H/b31-30+. The number of hydrogen-bond acceptors (Lipinski definition) is 0. The number of aromatic nitrogens is 2. The maximum absolute atomic E-state index is 2.41. The molecular weight excluding hydrogens is 629 g/mol. The molecule has 0 fully saturated rings. The fourth-order valence-corrected chi connectivity index (χ4v) is 7.94. The van der Waals surface area contributed by atoms with Gasteiger partial charge in [-0.05, 0) is 82.4 Å². The van der Waals surface area contributed by atoms with E-state index in [0.29, 0.717) is 0 Å². The average molecular weight is 663 g/mol. The summed E-state index contributed by atoms with van der Waals surface area (Å²) in [6.45, 7) is 0. The summed E-state index contributed by atoms with van der Waals surface area (Å²) in [7, 11) is 0. The predicted octanol–water partition coefficient (Wildman–Crippen LogP) is 13.4. The first-order valence-corrected chi connectivity index (χ1v) is 17.9. The van der Waals surface area contributed by atoms with Crippen LogP contribution in [0.15, 0.2) is 194 Å². The Kier molecular flexibility index (Phi) is 7.18. The summed E-state index contributed by atoms with van der Waals surface area (Å²) in [6.07, 6.45) is 4.44. The number of rotatable bonds is 6. The largest absolute Gasteiger partial charge is 0.309 e. The van der Waals surface area contributed by atoms with Crippen LogP contribution < -0.4 is 0 Å². The van der Waals surface area contributed by atoms with Gasteiger partial charge in [-0.15, -0.1) is 0 Å². The molecule has 8 aromatic carbocycles. The van der Waals surface area contributed by atoms with E-state index in [1.807, 2.05) is 0 Å². The zero-order valence-corrected chi connectivity index (χ0v) is 28.5. The molecule has 2 aromatic heterocycles. The third kappa shape index (κ3) is 5.04. The molecule has 0 radical (unpaired) electrons. The molecule has 0 saturated heterocycles. The van der Waals surface area contributed by atoms with E-state index in [0.717, 1.165) is 16.8 Å². The Hall–Kier alpha value is -6.90. The number of benzene rings is 8. The van der Waals surface area contributed by atoms with E-state index in [2.05, 4.69) is 215 Å². The Bertz CT molecular complexity index is 2860. The fraction of sp³-hybridized carbons (Fsp3) is 0. The molecule has 10 aromatic rings. The lowest BCUT2D eigenvalue weighted by atomic mass is 9.99. The van der Waals surface area contributed by atoms with E-state index in [4.69, 9.17) is 0 Å². The molecule has 0 aliphatic carbocycles. The molecule has 0 atom stereocenters. The molecule has 2 nitrogen and oxygen atoms in total. The minimum absolute atomic E-state index is 1.16. The minimum atomic E-state index is 1.16. The molecule has 2 heteroatoms. The summed E-state index contributed by atoms with van der Waals surface area (Å²) in [5.74, 6) is 0. The first-order chi connectivity index (χ1) is 25.8. The van der Waals surface area contributed by atoms with Crippen LogP contribution in [-0.4, -0.2) is 9.13 Å². The number of para-hydroxylation sites is 5. The maximum Gasteiger partial charge on any atom is 0.0541 e. The van der Waals surface area contributed by atoms with Crippen LogP contribution in [0.2, 0.25) is 0 Å². The van der Waals surface area contributed by atoms with Crippen molar-refractivity contribution in [3.05, 3.63) is 205 Å². The van der Waals surface area contributed by atoms with Crippen molar-refractivity contribution in [2.24, 2.45) is 0 Å². The van der Waals surface area contributed by atoms with Crippen molar-refractivity contribution >= 4 is 55.8 Å². The summed E-state index contributed by atoms with van der Waals surface area (Å²) in [6, 6.07) is 70.0. The SMILES string of the molecule is C(=C\c1cccc(-c2ccccc2-n2c3ccccc3c3ccccc32)c1)/c1cccc(-c2cccc(-n3c4ccccc4c4ccccc43)c2)c1. The van der Waals surface area contributed by atoms with Crippen LogP contribution in [0, 0.1) is 0 Å². The second-order valence-electron chi connectivity index (χ2n) is 13.4. The van der Waals surface area contributed by atoms with Crippen LogP contribution >= 0.6 is 0 Å². The Balaban J connectivity index is 0.988. The highest BCUT2D eigenvalue weighted by molar-refractivity contribution is 6.10. The molecule has 0 bridgehead atoms. The first kappa shape index (κ1) is 30.0. The van der Waals surface area contributed by atoms with E-state index in [1.54, 1.807) is 0 Å². The van der Waals surface area contributed by atoms with E-state index >= 15 is 0 Å². The molecule has 0 aliphatic heterocycles. The van der Waals surface area contributed by atoms with Crippen LogP contribution in [0.4, 0.5) is 0 Å². The van der Waals surface area contributed by atoms with E-state index < -0.39 is 0 Å². The van der Waals surface area contributed by atoms with Gasteiger partial charge in [0.05, 0.1) is 27.8 Å². The summed E-state index contributed by atoms with van der Waals surface area (Å²) in [5, 5.41) is 5.08. The molecule has 10 rings (SSSR count). The Morgan fingerprint density at radius 1 is 0.308 bits per heavy atom. The van der Waals surface area contributed by atoms with Crippen molar-refractivity contribution < 1.29 is 0 Å². The van der Waals surface area contributed by atoms with Gasteiger partial charge < -0.3 is 9.13 Å². The molecule has 2 heterocycles. The predicted molar refractivity (Wildman–Crippen MR) is 221 cm³/mol. The Morgan fingerprint density at radius 3 is 1.31 bits per heavy atom. The smallest absolute Gasteiger partial charge is 0.0541 e. The van der Waals surface area contributed by atoms with Crippen molar-refractivity contribution in [2.75, 3.05) is 0 Å². The summed E-state index contributed by atoms with van der Waals surface area (Å²) in [5.41, 5.74) is 14.3. The lowest BCUT2D eigenvalue weighted by Crippen LogP contribution is -1.97. The van der Waals surface area contributed by atoms with Crippen molar-refractivity contribution in [1.82, 2.24) is 9.13 Å². The van der Waals surface area contributed by atoms with Gasteiger partial charge in [0.15, 0.2) is 0 Å². The van der Waals surface area contributed by atoms with Gasteiger partial charge in [0.2, 0.25) is 0 Å². The highest BCUT2D eigenvalue weighted by Crippen LogP contribution is 2.37. The second-order valence-corrected chi connectivity index (χ2v) is 13.4. The van der Waals surface area contributed by atoms with Gasteiger partial charge >= 0.3 is 0 Å². The topological polar surface area (TPSA) is 9.86 Å². The van der Waals surface area contributed by atoms with Crippen molar-refractivity contribution in [1.29, 1.82) is 0 Å². The van der Waals surface area contributed by atoms with Gasteiger partial charge in [0.1, 0.15) is 0 Å². The minimum Gasteiger partial charge on any atom is -0.309 e. The molecule has 244 valence electrons. The zero-order chi connectivity index (χ0) is 34.4. The van der Waals surface area contributed by atoms with E-state index in [1.165, 1.54) is 71.6 Å². The molecule has 0 saturated carbocycles. The summed E-state index contributed by atoms with van der Waals surface area (Å²) < 4.78 is 4.79. The maximum atomic E-state index is 2.41. The quantitative estimate of drug-likeness (QED) is 0.157. The molecular formula is C50H34N2. The summed E-state index contributed by atoms with van der Waals surface area (Å²) in [4.78, 5) is 0. The van der Waals surface area contributed by atoms with Crippen LogP contribution in [0.25, 0.3) is 89.4 Å². The lowest BCUT2D eigenvalue weighted by molar-refractivity contribution is 1.18. The third-order valence-corrected chi connectivity index (χ3v) is 10.3. The second kappa shape index (κ2) is 12.5. The first-order valence-electron chi connectivity index (χ1n) is 17.9. The number of nitrogens with zero attached hydrogens (tertiary/aromatic N) is 2. The third-order valence-electron chi connectivity index (χ3n) is 10.3. The normalized spacial score (nSPS) is 11.8. The van der Waals surface area contributed by atoms with Crippen molar-refractivity contribution in [3.63, 3.8) is 0 Å². The van der Waals surface area contributed by atoms with Gasteiger partial charge in [-0.3, -0.25) is 0 Å². The van der Waals surface area contributed by atoms with Gasteiger partial charge in [0, 0.05) is 32.8 Å². The number of fused-ring (bicyclic) bond motifs is 6. The summed E-state index contributed by atoms with van der Waals surface area (Å²) >= 11 is 0. The van der Waals surface area contributed by atoms with Gasteiger partial charge in [-0.1, -0.05) is 152 Å². The average Bonchev–Trinajstić information content (AvgIpc) is 3.73. The molecule has 0 unspecified atom stereocenters. The molecule has 0 amide bonds. The number of hydrogen-bond donors (Lipinski definition) is 0. The fourth-order valence-electron chi connectivity index (χ4n) is 7.94. The van der Waals surface area contributed by atoms with Crippen LogP contribution in [-0.2, 0) is 0 Å². The van der Waals surface area contributed by atoms with E-state index in [-0.39, 0.29) is 0 Å². The Morgan fingerprint density at radius 2 is 0.731 bits per heavy atom. The Labute approximate surface area is 302 Å². The van der Waals surface area contributed by atoms with Gasteiger partial charge in [0.25, 0.3) is 0 Å². The monoisotopic (exact) mass is 662 g/mol. The molecule has 0 spiro atoms. The van der Waals surface area contributed by atoms with Crippen molar-refractivity contribution in [3.8, 4) is 33.6 Å². The highest BCUT2D eigenvalue weighted by Gasteiger charge is 2.15. The molecule has 0 aliphatic rings. The highest BCUT2D eigenvalue weighted by atomic mass is 15.0. The van der Waals surface area contributed by atoms with Crippen molar-refractivity contribution in [2.45, 2.75) is 0 Å². The lowest BCUT2D eigenvalue weighted by Gasteiger charge is -2.14. The molecule has 52 heavy (non-hydrogen) atoms. The van der Waals surface area contributed by atoms with Crippen LogP contribution in [0.1, 0.15) is 11.1 Å².